The van der Waals surface area contributed by atoms with Gasteiger partial charge in [-0.05, 0) is 17.7 Å². The average Bonchev–Trinajstić information content (AvgIpc) is 1.87. The van der Waals surface area contributed by atoms with Gasteiger partial charge in [0.05, 0.1) is 0 Å². The molecule has 0 amide bonds. The largest absolute Gasteiger partial charge is 0.480 e. The van der Waals surface area contributed by atoms with Crippen molar-refractivity contribution in [1.82, 2.24) is 0 Å². The molecule has 0 aliphatic rings. The molecule has 0 rings (SSSR count). The number of carbonyl (C=O) groups is 1. The Morgan fingerprint density at radius 3 is 2.70 bits per heavy atom. The molecule has 0 bridgehead atoms. The zero-order valence-corrected chi connectivity index (χ0v) is 6.60. The van der Waals surface area contributed by atoms with Crippen LogP contribution < -0.4 is 5.73 Å². The molecule has 1 unspecified atom stereocenters. The van der Waals surface area contributed by atoms with Crippen molar-refractivity contribution in [2.24, 2.45) is 11.7 Å². The summed E-state index contributed by atoms with van der Waals surface area (Å²) in [5.41, 5.74) is 5.23. The first-order valence-electron chi connectivity index (χ1n) is 3.01. The van der Waals surface area contributed by atoms with Crippen LogP contribution >= 0.6 is 12.2 Å². The normalized spacial score (nSPS) is 15.8. The highest BCUT2D eigenvalue weighted by molar-refractivity contribution is 7.79. The number of nitrogens with two attached hydrogens (primary N) is 1. The fourth-order valence-electron chi connectivity index (χ4n) is 0.557. The van der Waals surface area contributed by atoms with Crippen molar-refractivity contribution in [2.45, 2.75) is 19.4 Å². The summed E-state index contributed by atoms with van der Waals surface area (Å²) in [5, 5.41) is 9.88. The van der Waals surface area contributed by atoms with E-state index in [2.05, 4.69) is 12.2 Å². The fraction of sp³-hybridized carbons (Fsp3) is 0.667. The predicted molar refractivity (Wildman–Crippen MR) is 43.0 cm³/mol. The zero-order valence-electron chi connectivity index (χ0n) is 5.78. The Bertz CT molecular complexity index is 138. The summed E-state index contributed by atoms with van der Waals surface area (Å²) in [4.78, 5) is 10.2. The molecule has 0 spiro atoms. The van der Waals surface area contributed by atoms with Crippen molar-refractivity contribution in [2.75, 3.05) is 0 Å². The van der Waals surface area contributed by atoms with Crippen LogP contribution in [0.3, 0.4) is 0 Å². The molecule has 0 heterocycles. The molecule has 58 valence electrons. The third-order valence-electron chi connectivity index (χ3n) is 1.18. The van der Waals surface area contributed by atoms with Gasteiger partial charge < -0.3 is 10.8 Å². The van der Waals surface area contributed by atoms with Crippen molar-refractivity contribution in [1.29, 1.82) is 0 Å². The first-order valence-corrected chi connectivity index (χ1v) is 3.48. The van der Waals surface area contributed by atoms with E-state index in [1.165, 1.54) is 5.37 Å². The van der Waals surface area contributed by atoms with Crippen LogP contribution in [0.4, 0.5) is 0 Å². The number of thiocarbonyl (C=S) groups is 1. The molecule has 0 aliphatic carbocycles. The van der Waals surface area contributed by atoms with E-state index in [4.69, 9.17) is 10.8 Å². The highest BCUT2D eigenvalue weighted by Gasteiger charge is 2.13. The summed E-state index contributed by atoms with van der Waals surface area (Å²) in [6, 6.07) is -0.783. The number of rotatable bonds is 4. The lowest BCUT2D eigenvalue weighted by molar-refractivity contribution is -0.138. The van der Waals surface area contributed by atoms with Crippen molar-refractivity contribution in [3.05, 3.63) is 0 Å². The molecule has 4 heteroatoms. The molecule has 0 saturated heterocycles. The van der Waals surface area contributed by atoms with Gasteiger partial charge in [-0.2, -0.15) is 0 Å². The maximum atomic E-state index is 10.2. The van der Waals surface area contributed by atoms with Crippen molar-refractivity contribution < 1.29 is 9.90 Å². The molecule has 0 saturated carbocycles. The number of carboxylic acids is 1. The van der Waals surface area contributed by atoms with Gasteiger partial charge in [0, 0.05) is 0 Å². The Kier molecular flexibility index (Phi) is 4.14. The Balaban J connectivity index is 3.67. The predicted octanol–water partition coefficient (Wildman–Crippen LogP) is 0.424. The van der Waals surface area contributed by atoms with Gasteiger partial charge in [0.1, 0.15) is 6.04 Å². The smallest absolute Gasteiger partial charge is 0.320 e. The Morgan fingerprint density at radius 1 is 1.90 bits per heavy atom. The van der Waals surface area contributed by atoms with Gasteiger partial charge in [-0.1, -0.05) is 19.1 Å². The SMILES string of the molecule is CC(C=S)C[C@H](N)C(=O)O. The zero-order chi connectivity index (χ0) is 8.15. The lowest BCUT2D eigenvalue weighted by Crippen LogP contribution is -2.31. The van der Waals surface area contributed by atoms with E-state index in [9.17, 15) is 4.79 Å². The topological polar surface area (TPSA) is 63.3 Å². The first kappa shape index (κ1) is 9.52. The summed E-state index contributed by atoms with van der Waals surface area (Å²) in [5.74, 6) is -0.871. The maximum absolute atomic E-state index is 10.2. The molecular weight excluding hydrogens is 150 g/mol. The van der Waals surface area contributed by atoms with E-state index in [1.54, 1.807) is 0 Å². The van der Waals surface area contributed by atoms with Crippen molar-refractivity contribution in [3.63, 3.8) is 0 Å². The molecule has 3 nitrogen and oxygen atoms in total. The van der Waals surface area contributed by atoms with Crippen LogP contribution in [0, 0.1) is 5.92 Å². The molecule has 0 aromatic rings. The summed E-state index contributed by atoms with van der Waals surface area (Å²) < 4.78 is 0. The molecule has 2 atom stereocenters. The van der Waals surface area contributed by atoms with Gasteiger partial charge in [0.25, 0.3) is 0 Å². The van der Waals surface area contributed by atoms with E-state index < -0.39 is 12.0 Å². The minimum atomic E-state index is -0.969. The van der Waals surface area contributed by atoms with Crippen LogP contribution in [-0.2, 0) is 4.79 Å². The van der Waals surface area contributed by atoms with Crippen LogP contribution in [-0.4, -0.2) is 22.5 Å². The standard InChI is InChI=1S/C6H11NO2S/c1-4(3-10)2-5(7)6(8)9/h3-5H,2,7H2,1H3,(H,8,9)/t4?,5-/m0/s1. The lowest BCUT2D eigenvalue weighted by Gasteiger charge is -2.07. The molecule has 0 aromatic carbocycles. The molecule has 0 aromatic heterocycles. The molecule has 0 aliphatic heterocycles. The van der Waals surface area contributed by atoms with Crippen molar-refractivity contribution in [3.8, 4) is 0 Å². The Morgan fingerprint density at radius 2 is 2.40 bits per heavy atom. The first-order chi connectivity index (χ1) is 4.57. The monoisotopic (exact) mass is 161 g/mol. The van der Waals surface area contributed by atoms with Gasteiger partial charge in [0.2, 0.25) is 0 Å². The molecule has 0 fully saturated rings. The van der Waals surface area contributed by atoms with Crippen LogP contribution in [0.5, 0.6) is 0 Å². The van der Waals surface area contributed by atoms with E-state index >= 15 is 0 Å². The second kappa shape index (κ2) is 4.35. The summed E-state index contributed by atoms with van der Waals surface area (Å²) in [6.45, 7) is 1.84. The Hall–Kier alpha value is -0.480. The number of hydrogen-bond donors (Lipinski definition) is 2. The highest BCUT2D eigenvalue weighted by atomic mass is 32.1. The van der Waals surface area contributed by atoms with Crippen LogP contribution in [0.1, 0.15) is 13.3 Å². The van der Waals surface area contributed by atoms with Gasteiger partial charge in [-0.25, -0.2) is 0 Å². The molecular formula is C6H11NO2S. The number of aliphatic carboxylic acids is 1. The van der Waals surface area contributed by atoms with Crippen LogP contribution in [0.15, 0.2) is 0 Å². The third-order valence-corrected chi connectivity index (χ3v) is 1.64. The molecule has 3 N–H and O–H groups in total. The fourth-order valence-corrected chi connectivity index (χ4v) is 0.668. The Labute approximate surface area is 65.2 Å². The van der Waals surface area contributed by atoms with E-state index in [0.29, 0.717) is 6.42 Å². The highest BCUT2D eigenvalue weighted by Crippen LogP contribution is 2.01. The van der Waals surface area contributed by atoms with Gasteiger partial charge in [0.15, 0.2) is 0 Å². The van der Waals surface area contributed by atoms with Gasteiger partial charge >= 0.3 is 5.97 Å². The van der Waals surface area contributed by atoms with Crippen LogP contribution in [0.2, 0.25) is 0 Å². The lowest BCUT2D eigenvalue weighted by atomic mass is 10.1. The summed E-state index contributed by atoms with van der Waals surface area (Å²) in [6.07, 6.45) is 0.416. The second-order valence-corrected chi connectivity index (χ2v) is 2.57. The molecule has 0 radical (unpaired) electrons. The minimum absolute atomic E-state index is 0.0982. The van der Waals surface area contributed by atoms with Crippen molar-refractivity contribution >= 4 is 23.6 Å². The van der Waals surface area contributed by atoms with E-state index in [0.717, 1.165) is 0 Å². The third kappa shape index (κ3) is 3.53. The second-order valence-electron chi connectivity index (χ2n) is 2.29. The van der Waals surface area contributed by atoms with Gasteiger partial charge in [-0.3, -0.25) is 4.79 Å². The average molecular weight is 161 g/mol. The number of carboxylic acid groups (broad SMARTS) is 1. The quantitative estimate of drug-likeness (QED) is 0.587. The maximum Gasteiger partial charge on any atom is 0.320 e. The minimum Gasteiger partial charge on any atom is -0.480 e. The van der Waals surface area contributed by atoms with Gasteiger partial charge in [-0.15, -0.1) is 0 Å². The van der Waals surface area contributed by atoms with E-state index in [-0.39, 0.29) is 5.92 Å². The summed E-state index contributed by atoms with van der Waals surface area (Å²) in [7, 11) is 0. The molecule has 10 heavy (non-hydrogen) atoms. The van der Waals surface area contributed by atoms with E-state index in [1.807, 2.05) is 6.92 Å². The van der Waals surface area contributed by atoms with Crippen LogP contribution in [0.25, 0.3) is 0 Å². The summed E-state index contributed by atoms with van der Waals surface area (Å²) >= 11 is 4.61. The number of hydrogen-bond acceptors (Lipinski definition) is 3.